The maximum absolute atomic E-state index is 12.4. The van der Waals surface area contributed by atoms with Gasteiger partial charge in [-0.2, -0.15) is 5.10 Å². The number of carbonyl (C=O) groups is 1. The molecule has 1 aromatic heterocycles. The monoisotopic (exact) mass is 284 g/mol. The number of rotatable bonds is 5. The van der Waals surface area contributed by atoms with Crippen LogP contribution in [-0.2, 0) is 6.54 Å². The number of Topliss-reactive ketones (excluding diaryl/α,β-unsaturated/α-hetero) is 1. The summed E-state index contributed by atoms with van der Waals surface area (Å²) in [5, 5.41) is 14.7. The van der Waals surface area contributed by atoms with Gasteiger partial charge in [0, 0.05) is 6.54 Å². The molecule has 5 heteroatoms. The molecule has 19 heavy (non-hydrogen) atoms. The summed E-state index contributed by atoms with van der Waals surface area (Å²) in [6.07, 6.45) is 6.65. The van der Waals surface area contributed by atoms with Crippen molar-refractivity contribution in [1.82, 2.24) is 9.78 Å². The van der Waals surface area contributed by atoms with Crippen LogP contribution < -0.4 is 0 Å². The molecule has 0 radical (unpaired) electrons. The maximum atomic E-state index is 12.4. The van der Waals surface area contributed by atoms with Crippen LogP contribution in [0.4, 0.5) is 0 Å². The molecule has 1 aliphatic carbocycles. The van der Waals surface area contributed by atoms with E-state index in [2.05, 4.69) is 5.10 Å². The largest absolute Gasteiger partial charge is 0.385 e. The fraction of sp³-hybridized carbons (Fsp3) is 0.714. The van der Waals surface area contributed by atoms with Crippen molar-refractivity contribution in [2.24, 2.45) is 5.92 Å². The zero-order valence-electron chi connectivity index (χ0n) is 11.3. The number of carbonyl (C=O) groups excluding carboxylic acids is 1. The van der Waals surface area contributed by atoms with Gasteiger partial charge in [0.2, 0.25) is 5.78 Å². The number of aromatic nitrogens is 2. The van der Waals surface area contributed by atoms with E-state index < -0.39 is 6.10 Å². The van der Waals surface area contributed by atoms with Crippen molar-refractivity contribution >= 4 is 17.4 Å². The lowest BCUT2D eigenvalue weighted by Crippen LogP contribution is -2.32. The molecule has 106 valence electrons. The van der Waals surface area contributed by atoms with Gasteiger partial charge in [-0.1, -0.05) is 37.8 Å². The molecule has 4 nitrogen and oxygen atoms in total. The van der Waals surface area contributed by atoms with Crippen molar-refractivity contribution in [3.05, 3.63) is 16.9 Å². The Morgan fingerprint density at radius 2 is 2.21 bits per heavy atom. The summed E-state index contributed by atoms with van der Waals surface area (Å²) in [5.41, 5.74) is 0.363. The van der Waals surface area contributed by atoms with Gasteiger partial charge >= 0.3 is 0 Å². The van der Waals surface area contributed by atoms with E-state index >= 15 is 0 Å². The van der Waals surface area contributed by atoms with Crippen LogP contribution in [0.15, 0.2) is 6.20 Å². The third-order valence-corrected chi connectivity index (χ3v) is 4.11. The second-order valence-corrected chi connectivity index (χ2v) is 5.68. The van der Waals surface area contributed by atoms with E-state index in [1.807, 2.05) is 6.92 Å². The number of ketones is 1. The zero-order chi connectivity index (χ0) is 13.8. The average molecular weight is 285 g/mol. The van der Waals surface area contributed by atoms with Crippen LogP contribution in [0.1, 0.15) is 55.9 Å². The summed E-state index contributed by atoms with van der Waals surface area (Å²) in [6.45, 7) is 2.66. The van der Waals surface area contributed by atoms with Crippen molar-refractivity contribution in [3.63, 3.8) is 0 Å². The molecule has 0 saturated heterocycles. The summed E-state index contributed by atoms with van der Waals surface area (Å²) in [5.74, 6) is -0.204. The van der Waals surface area contributed by atoms with E-state index in [4.69, 9.17) is 11.6 Å². The van der Waals surface area contributed by atoms with Crippen molar-refractivity contribution in [2.45, 2.75) is 58.1 Å². The Balaban J connectivity index is 2.15. The van der Waals surface area contributed by atoms with Gasteiger partial charge < -0.3 is 5.11 Å². The first-order chi connectivity index (χ1) is 9.15. The molecule has 0 amide bonds. The lowest BCUT2D eigenvalue weighted by Gasteiger charge is -2.25. The molecule has 1 aliphatic rings. The number of nitrogens with zero attached hydrogens (tertiary/aromatic N) is 2. The van der Waals surface area contributed by atoms with Crippen LogP contribution in [0.25, 0.3) is 0 Å². The van der Waals surface area contributed by atoms with E-state index in [9.17, 15) is 9.90 Å². The minimum absolute atomic E-state index is 0.0716. The highest BCUT2D eigenvalue weighted by Gasteiger charge is 2.31. The Morgan fingerprint density at radius 1 is 1.53 bits per heavy atom. The Bertz CT molecular complexity index is 439. The topological polar surface area (TPSA) is 55.1 Å². The highest BCUT2D eigenvalue weighted by molar-refractivity contribution is 6.33. The molecule has 0 aromatic carbocycles. The normalized spacial score (nSPS) is 18.5. The highest BCUT2D eigenvalue weighted by atomic mass is 35.5. The van der Waals surface area contributed by atoms with Gasteiger partial charge in [-0.15, -0.1) is 0 Å². The van der Waals surface area contributed by atoms with Crippen molar-refractivity contribution in [2.75, 3.05) is 0 Å². The van der Waals surface area contributed by atoms with Crippen LogP contribution in [0.2, 0.25) is 5.02 Å². The number of aliphatic hydroxyl groups is 1. The quantitative estimate of drug-likeness (QED) is 0.846. The van der Waals surface area contributed by atoms with Crippen LogP contribution in [-0.4, -0.2) is 26.8 Å². The van der Waals surface area contributed by atoms with Crippen LogP contribution >= 0.6 is 11.6 Å². The number of aliphatic hydroxyl groups excluding tert-OH is 1. The Hall–Kier alpha value is -0.870. The van der Waals surface area contributed by atoms with Gasteiger partial charge in [0.15, 0.2) is 0 Å². The molecular weight excluding hydrogens is 264 g/mol. The second-order valence-electron chi connectivity index (χ2n) is 5.27. The molecule has 1 unspecified atom stereocenters. The summed E-state index contributed by atoms with van der Waals surface area (Å²) in [7, 11) is 0. The van der Waals surface area contributed by atoms with Gasteiger partial charge in [0.1, 0.15) is 11.8 Å². The molecule has 0 spiro atoms. The van der Waals surface area contributed by atoms with Crippen molar-refractivity contribution in [3.8, 4) is 0 Å². The van der Waals surface area contributed by atoms with Gasteiger partial charge in [0.25, 0.3) is 0 Å². The fourth-order valence-corrected chi connectivity index (χ4v) is 3.03. The highest BCUT2D eigenvalue weighted by Crippen LogP contribution is 2.29. The minimum atomic E-state index is -0.940. The van der Waals surface area contributed by atoms with Gasteiger partial charge in [0.05, 0.1) is 11.2 Å². The molecule has 2 rings (SSSR count). The summed E-state index contributed by atoms with van der Waals surface area (Å²) < 4.78 is 1.61. The van der Waals surface area contributed by atoms with Crippen molar-refractivity contribution < 1.29 is 9.90 Å². The number of aryl methyl sites for hydroxylation is 1. The predicted octanol–water partition coefficient (Wildman–Crippen LogP) is 3.07. The predicted molar refractivity (Wildman–Crippen MR) is 74.4 cm³/mol. The van der Waals surface area contributed by atoms with Gasteiger partial charge in [-0.05, 0) is 25.2 Å². The summed E-state index contributed by atoms with van der Waals surface area (Å²) >= 11 is 6.04. The first-order valence-corrected chi connectivity index (χ1v) is 7.46. The van der Waals surface area contributed by atoms with Crippen LogP contribution in [0.3, 0.4) is 0 Å². The van der Waals surface area contributed by atoms with E-state index in [0.29, 0.717) is 17.3 Å². The lowest BCUT2D eigenvalue weighted by molar-refractivity contribution is 0.0524. The number of hydrogen-bond donors (Lipinski definition) is 1. The average Bonchev–Trinajstić information content (AvgIpc) is 2.80. The number of hydrogen-bond acceptors (Lipinski definition) is 3. The molecule has 1 aromatic rings. The molecule has 0 aliphatic heterocycles. The third kappa shape index (κ3) is 3.18. The minimum Gasteiger partial charge on any atom is -0.385 e. The Morgan fingerprint density at radius 3 is 2.84 bits per heavy atom. The molecule has 1 saturated carbocycles. The van der Waals surface area contributed by atoms with E-state index in [-0.39, 0.29) is 11.7 Å². The summed E-state index contributed by atoms with van der Waals surface area (Å²) in [4.78, 5) is 12.4. The maximum Gasteiger partial charge on any atom is 0.211 e. The molecule has 0 bridgehead atoms. The third-order valence-electron chi connectivity index (χ3n) is 3.83. The molecule has 1 atom stereocenters. The molecular formula is C14H21ClN2O2. The first-order valence-electron chi connectivity index (χ1n) is 7.08. The molecule has 1 N–H and O–H groups in total. The van der Waals surface area contributed by atoms with Crippen LogP contribution in [0.5, 0.6) is 0 Å². The zero-order valence-corrected chi connectivity index (χ0v) is 12.1. The van der Waals surface area contributed by atoms with Crippen molar-refractivity contribution in [1.29, 1.82) is 0 Å². The van der Waals surface area contributed by atoms with E-state index in [0.717, 1.165) is 32.1 Å². The lowest BCUT2D eigenvalue weighted by atomic mass is 9.83. The first kappa shape index (κ1) is 14.5. The van der Waals surface area contributed by atoms with E-state index in [1.165, 1.54) is 12.6 Å². The second kappa shape index (κ2) is 6.53. The molecule has 1 heterocycles. The van der Waals surface area contributed by atoms with Gasteiger partial charge in [-0.3, -0.25) is 9.48 Å². The van der Waals surface area contributed by atoms with Crippen LogP contribution in [0, 0.1) is 5.92 Å². The fourth-order valence-electron chi connectivity index (χ4n) is 2.79. The number of halogens is 1. The Kier molecular flexibility index (Phi) is 4.99. The SMILES string of the molecule is CCCn1ncc(Cl)c1C(=O)C(O)C1CCCCC1. The summed E-state index contributed by atoms with van der Waals surface area (Å²) in [6, 6.07) is 0. The molecule has 1 fully saturated rings. The standard InChI is InChI=1S/C14H21ClN2O2/c1-2-8-17-12(11(15)9-16-17)14(19)13(18)10-6-4-3-5-7-10/h9-10,13,18H,2-8H2,1H3. The van der Waals surface area contributed by atoms with Gasteiger partial charge in [-0.25, -0.2) is 0 Å². The smallest absolute Gasteiger partial charge is 0.211 e. The van der Waals surface area contributed by atoms with E-state index in [1.54, 1.807) is 4.68 Å². The Labute approximate surface area is 118 Å².